The van der Waals surface area contributed by atoms with Gasteiger partial charge in [-0.05, 0) is 36.2 Å². The first-order chi connectivity index (χ1) is 14.4. The Kier molecular flexibility index (Phi) is 7.24. The quantitative estimate of drug-likeness (QED) is 0.512. The van der Waals surface area contributed by atoms with Crippen LogP contribution in [0.1, 0.15) is 18.9 Å². The van der Waals surface area contributed by atoms with E-state index in [0.717, 1.165) is 12.1 Å². The van der Waals surface area contributed by atoms with Gasteiger partial charge in [-0.3, -0.25) is 14.5 Å². The first kappa shape index (κ1) is 21.6. The molecule has 2 N–H and O–H groups in total. The summed E-state index contributed by atoms with van der Waals surface area (Å²) in [6.45, 7) is 4.64. The molecule has 2 aromatic carbocycles. The molecule has 7 nitrogen and oxygen atoms in total. The van der Waals surface area contributed by atoms with E-state index < -0.39 is 0 Å². The van der Waals surface area contributed by atoms with Crippen LogP contribution in [0.4, 0.5) is 10.1 Å². The van der Waals surface area contributed by atoms with Crippen LogP contribution in [0.2, 0.25) is 0 Å². The number of carbonyl (C=O) groups is 2. The summed E-state index contributed by atoms with van der Waals surface area (Å²) in [6, 6.07) is 10.8. The Balaban J connectivity index is 1.43. The summed E-state index contributed by atoms with van der Waals surface area (Å²) in [7, 11) is 0. The van der Waals surface area contributed by atoms with Crippen LogP contribution in [0.3, 0.4) is 0 Å². The third-order valence-corrected chi connectivity index (χ3v) is 4.82. The number of amides is 2. The van der Waals surface area contributed by atoms with Crippen molar-refractivity contribution < 1.29 is 23.8 Å². The van der Waals surface area contributed by atoms with Crippen LogP contribution in [-0.2, 0) is 16.1 Å². The minimum atomic E-state index is -0.267. The van der Waals surface area contributed by atoms with E-state index in [4.69, 9.17) is 4.74 Å². The van der Waals surface area contributed by atoms with E-state index in [1.165, 1.54) is 31.2 Å². The second-order valence-electron chi connectivity index (χ2n) is 7.28. The van der Waals surface area contributed by atoms with Crippen LogP contribution >= 0.6 is 0 Å². The number of hydrogen-bond donors (Lipinski definition) is 2. The molecule has 0 unspecified atom stereocenters. The molecule has 30 heavy (non-hydrogen) atoms. The number of ether oxygens (including phenoxy) is 1. The van der Waals surface area contributed by atoms with E-state index >= 15 is 0 Å². The number of anilines is 1. The van der Waals surface area contributed by atoms with E-state index in [2.05, 4.69) is 10.2 Å². The molecule has 2 aromatic rings. The highest BCUT2D eigenvalue weighted by atomic mass is 19.1. The van der Waals surface area contributed by atoms with Crippen molar-refractivity contribution in [1.29, 1.82) is 0 Å². The van der Waals surface area contributed by atoms with Crippen LogP contribution in [0.5, 0.6) is 11.5 Å². The molecule has 1 heterocycles. The summed E-state index contributed by atoms with van der Waals surface area (Å²) < 4.78 is 18.7. The predicted octanol–water partition coefficient (Wildman–Crippen LogP) is 2.60. The molecule has 0 aromatic heterocycles. The van der Waals surface area contributed by atoms with Crippen molar-refractivity contribution in [1.82, 2.24) is 9.80 Å². The molecular weight excluding hydrogens is 389 g/mol. The van der Waals surface area contributed by atoms with Gasteiger partial charge < -0.3 is 20.1 Å². The van der Waals surface area contributed by atoms with Crippen molar-refractivity contribution in [2.45, 2.75) is 19.9 Å². The second kappa shape index (κ2) is 10.1. The fourth-order valence-corrected chi connectivity index (χ4v) is 3.34. The first-order valence-electron chi connectivity index (χ1n) is 9.88. The summed E-state index contributed by atoms with van der Waals surface area (Å²) in [5, 5.41) is 12.3. The van der Waals surface area contributed by atoms with Gasteiger partial charge in [0.1, 0.15) is 17.3 Å². The molecule has 0 saturated carbocycles. The van der Waals surface area contributed by atoms with Gasteiger partial charge >= 0.3 is 0 Å². The van der Waals surface area contributed by atoms with Crippen molar-refractivity contribution in [3.63, 3.8) is 0 Å². The highest BCUT2D eigenvalue weighted by molar-refractivity contribution is 5.90. The molecule has 8 heteroatoms. The van der Waals surface area contributed by atoms with Crippen LogP contribution in [-0.4, -0.2) is 59.5 Å². The van der Waals surface area contributed by atoms with E-state index in [9.17, 15) is 19.1 Å². The molecule has 0 aliphatic carbocycles. The van der Waals surface area contributed by atoms with Gasteiger partial charge in [-0.1, -0.05) is 12.1 Å². The number of benzene rings is 2. The van der Waals surface area contributed by atoms with Crippen molar-refractivity contribution in [2.75, 3.05) is 38.1 Å². The molecule has 160 valence electrons. The highest BCUT2D eigenvalue weighted by Crippen LogP contribution is 2.29. The Morgan fingerprint density at radius 1 is 1.20 bits per heavy atom. The fraction of sp³-hybridized carbons (Fsp3) is 0.364. The molecule has 1 saturated heterocycles. The van der Waals surface area contributed by atoms with Gasteiger partial charge in [0.15, 0.2) is 0 Å². The molecule has 2 amide bonds. The lowest BCUT2D eigenvalue weighted by Gasteiger charge is -2.34. The number of phenolic OH excluding ortho intramolecular Hbond substituents is 1. The number of carbonyl (C=O) groups excluding carboxylic acids is 2. The van der Waals surface area contributed by atoms with Crippen molar-refractivity contribution >= 4 is 17.5 Å². The minimum Gasteiger partial charge on any atom is -0.508 e. The number of halogens is 1. The lowest BCUT2D eigenvalue weighted by Crippen LogP contribution is -2.50. The number of piperazine rings is 1. The normalized spacial score (nSPS) is 14.6. The molecule has 3 rings (SSSR count). The molecule has 0 atom stereocenters. The molecule has 0 spiro atoms. The molecular formula is C22H26FN3O4. The monoisotopic (exact) mass is 415 g/mol. The topological polar surface area (TPSA) is 82.1 Å². The molecule has 1 aliphatic rings. The summed E-state index contributed by atoms with van der Waals surface area (Å²) in [5.74, 6) is -0.00160. The average Bonchev–Trinajstić information content (AvgIpc) is 2.70. The molecule has 0 bridgehead atoms. The number of hydrogen-bond acceptors (Lipinski definition) is 5. The Bertz CT molecular complexity index is 888. The Morgan fingerprint density at radius 2 is 1.97 bits per heavy atom. The van der Waals surface area contributed by atoms with E-state index in [1.54, 1.807) is 18.2 Å². The third kappa shape index (κ3) is 6.18. The van der Waals surface area contributed by atoms with Crippen LogP contribution in [0.25, 0.3) is 0 Å². The third-order valence-electron chi connectivity index (χ3n) is 4.82. The summed E-state index contributed by atoms with van der Waals surface area (Å²) in [4.78, 5) is 27.6. The van der Waals surface area contributed by atoms with Crippen LogP contribution < -0.4 is 10.1 Å². The summed E-state index contributed by atoms with van der Waals surface area (Å²) in [6.07, 6.45) is 0.624. The Morgan fingerprint density at radius 3 is 2.67 bits per heavy atom. The first-order valence-corrected chi connectivity index (χ1v) is 9.88. The minimum absolute atomic E-state index is 0.0477. The number of rotatable bonds is 8. The number of phenols is 1. The van der Waals surface area contributed by atoms with Gasteiger partial charge in [0.05, 0.1) is 18.8 Å². The zero-order valence-electron chi connectivity index (χ0n) is 16.9. The van der Waals surface area contributed by atoms with Gasteiger partial charge in [-0.2, -0.15) is 0 Å². The number of nitrogens with zero attached hydrogens (tertiary/aromatic N) is 2. The van der Waals surface area contributed by atoms with E-state index in [-0.39, 0.29) is 23.4 Å². The van der Waals surface area contributed by atoms with Gasteiger partial charge in [0.25, 0.3) is 0 Å². The SMILES string of the molecule is CC(=O)Nc1ccc(O)cc1OCCCN1CCN(Cc2ccc(F)cc2)CC1=O. The largest absolute Gasteiger partial charge is 0.508 e. The number of nitrogens with one attached hydrogen (secondary N) is 1. The maximum absolute atomic E-state index is 13.0. The second-order valence-corrected chi connectivity index (χ2v) is 7.28. The maximum atomic E-state index is 13.0. The number of aromatic hydroxyl groups is 1. The average molecular weight is 415 g/mol. The Labute approximate surface area is 175 Å². The smallest absolute Gasteiger partial charge is 0.236 e. The van der Waals surface area contributed by atoms with E-state index in [1.807, 2.05) is 4.90 Å². The van der Waals surface area contributed by atoms with Crippen molar-refractivity contribution in [3.05, 3.63) is 53.8 Å². The van der Waals surface area contributed by atoms with Crippen molar-refractivity contribution in [3.8, 4) is 11.5 Å². The van der Waals surface area contributed by atoms with Gasteiger partial charge in [0.2, 0.25) is 11.8 Å². The molecule has 1 fully saturated rings. The standard InChI is InChI=1S/C22H26FN3O4/c1-16(27)24-20-8-7-19(28)13-21(20)30-12-2-9-26-11-10-25(15-22(26)29)14-17-3-5-18(23)6-4-17/h3-8,13,28H,2,9-12,14-15H2,1H3,(H,24,27). The molecule has 1 aliphatic heterocycles. The zero-order valence-corrected chi connectivity index (χ0v) is 16.9. The fourth-order valence-electron chi connectivity index (χ4n) is 3.34. The lowest BCUT2D eigenvalue weighted by molar-refractivity contribution is -0.136. The predicted molar refractivity (Wildman–Crippen MR) is 111 cm³/mol. The summed E-state index contributed by atoms with van der Waals surface area (Å²) in [5.41, 5.74) is 1.47. The Hall–Kier alpha value is -3.13. The van der Waals surface area contributed by atoms with E-state index in [0.29, 0.717) is 50.6 Å². The van der Waals surface area contributed by atoms with Gasteiger partial charge in [0, 0.05) is 39.2 Å². The zero-order chi connectivity index (χ0) is 21.5. The lowest BCUT2D eigenvalue weighted by atomic mass is 10.2. The van der Waals surface area contributed by atoms with Crippen LogP contribution in [0.15, 0.2) is 42.5 Å². The highest BCUT2D eigenvalue weighted by Gasteiger charge is 2.23. The van der Waals surface area contributed by atoms with Crippen LogP contribution in [0, 0.1) is 5.82 Å². The van der Waals surface area contributed by atoms with Crippen molar-refractivity contribution in [2.24, 2.45) is 0 Å². The van der Waals surface area contributed by atoms with Gasteiger partial charge in [-0.25, -0.2) is 4.39 Å². The van der Waals surface area contributed by atoms with Gasteiger partial charge in [-0.15, -0.1) is 0 Å². The maximum Gasteiger partial charge on any atom is 0.236 e. The summed E-state index contributed by atoms with van der Waals surface area (Å²) >= 11 is 0. The molecule has 0 radical (unpaired) electrons.